The van der Waals surface area contributed by atoms with Gasteiger partial charge in [-0.25, -0.2) is 0 Å². The highest BCUT2D eigenvalue weighted by Gasteiger charge is 2.31. The minimum atomic E-state index is -0.0884. The summed E-state index contributed by atoms with van der Waals surface area (Å²) in [6.07, 6.45) is 4.36. The van der Waals surface area contributed by atoms with Gasteiger partial charge in [0, 0.05) is 25.9 Å². The van der Waals surface area contributed by atoms with E-state index >= 15 is 0 Å². The molecule has 2 fully saturated rings. The van der Waals surface area contributed by atoms with Crippen molar-refractivity contribution in [3.8, 4) is 0 Å². The van der Waals surface area contributed by atoms with Gasteiger partial charge in [-0.3, -0.25) is 14.5 Å². The number of hydrogen-bond acceptors (Lipinski definition) is 4. The Kier molecular flexibility index (Phi) is 3.99. The molecule has 2 aliphatic heterocycles. The Bertz CT molecular complexity index is 287. The van der Waals surface area contributed by atoms with Crippen LogP contribution in [0.2, 0.25) is 0 Å². The third-order valence-corrected chi connectivity index (χ3v) is 3.70. The van der Waals surface area contributed by atoms with Gasteiger partial charge in [0.25, 0.3) is 0 Å². The minimum absolute atomic E-state index is 0.00676. The van der Waals surface area contributed by atoms with Crippen LogP contribution < -0.4 is 0 Å². The Morgan fingerprint density at radius 1 is 1.24 bits per heavy atom. The van der Waals surface area contributed by atoms with Crippen molar-refractivity contribution in [1.29, 1.82) is 0 Å². The van der Waals surface area contributed by atoms with Gasteiger partial charge in [-0.15, -0.1) is 0 Å². The lowest BCUT2D eigenvalue weighted by atomic mass is 10.1. The molecule has 1 atom stereocenters. The Labute approximate surface area is 102 Å². The van der Waals surface area contributed by atoms with Crippen molar-refractivity contribution in [2.75, 3.05) is 26.7 Å². The Morgan fingerprint density at radius 3 is 2.47 bits per heavy atom. The largest absolute Gasteiger partial charge is 0.461 e. The number of esters is 1. The smallest absolute Gasteiger partial charge is 0.323 e. The number of likely N-dealkylation sites (tertiary alicyclic amines) is 2. The number of amides is 1. The van der Waals surface area contributed by atoms with E-state index < -0.39 is 0 Å². The maximum atomic E-state index is 11.9. The van der Waals surface area contributed by atoms with E-state index in [4.69, 9.17) is 4.74 Å². The van der Waals surface area contributed by atoms with Crippen molar-refractivity contribution < 1.29 is 14.3 Å². The van der Waals surface area contributed by atoms with Gasteiger partial charge in [-0.05, 0) is 26.4 Å². The molecule has 0 aliphatic carbocycles. The van der Waals surface area contributed by atoms with E-state index in [2.05, 4.69) is 4.90 Å². The molecule has 17 heavy (non-hydrogen) atoms. The van der Waals surface area contributed by atoms with E-state index in [1.807, 2.05) is 7.05 Å². The minimum Gasteiger partial charge on any atom is -0.461 e. The monoisotopic (exact) mass is 240 g/mol. The van der Waals surface area contributed by atoms with E-state index in [-0.39, 0.29) is 18.1 Å². The molecule has 2 saturated heterocycles. The summed E-state index contributed by atoms with van der Waals surface area (Å²) in [5.74, 6) is -0.0884. The maximum absolute atomic E-state index is 11.9. The Hall–Kier alpha value is -1.10. The van der Waals surface area contributed by atoms with Crippen molar-refractivity contribution in [3.63, 3.8) is 0 Å². The van der Waals surface area contributed by atoms with Crippen LogP contribution in [-0.4, -0.2) is 61.0 Å². The number of carbonyl (C=O) groups is 2. The molecule has 0 bridgehead atoms. The number of ether oxygens (including phenoxy) is 1. The molecule has 0 saturated carbocycles. The fraction of sp³-hybridized carbons (Fsp3) is 0.833. The molecule has 0 aromatic carbocycles. The van der Waals surface area contributed by atoms with E-state index in [0.717, 1.165) is 38.6 Å². The van der Waals surface area contributed by atoms with Crippen LogP contribution in [0.4, 0.5) is 0 Å². The lowest BCUT2D eigenvalue weighted by molar-refractivity contribution is -0.156. The zero-order valence-electron chi connectivity index (χ0n) is 10.3. The van der Waals surface area contributed by atoms with Crippen LogP contribution in [-0.2, 0) is 14.3 Å². The summed E-state index contributed by atoms with van der Waals surface area (Å²) < 4.78 is 5.52. The van der Waals surface area contributed by atoms with E-state index in [1.54, 1.807) is 4.90 Å². The SMILES string of the molecule is CN1CCCC1C(=O)OC1CCN(C=O)CC1. The van der Waals surface area contributed by atoms with Crippen LogP contribution in [0, 0.1) is 0 Å². The summed E-state index contributed by atoms with van der Waals surface area (Å²) >= 11 is 0. The highest BCUT2D eigenvalue weighted by atomic mass is 16.5. The van der Waals surface area contributed by atoms with Crippen molar-refractivity contribution in [3.05, 3.63) is 0 Å². The quantitative estimate of drug-likeness (QED) is 0.524. The average molecular weight is 240 g/mol. The zero-order chi connectivity index (χ0) is 12.3. The normalized spacial score (nSPS) is 27.1. The number of rotatable bonds is 3. The molecule has 0 N–H and O–H groups in total. The van der Waals surface area contributed by atoms with Gasteiger partial charge in [-0.2, -0.15) is 0 Å². The number of hydrogen-bond donors (Lipinski definition) is 0. The van der Waals surface area contributed by atoms with Gasteiger partial charge in [0.05, 0.1) is 0 Å². The van der Waals surface area contributed by atoms with E-state index in [9.17, 15) is 9.59 Å². The number of likely N-dealkylation sites (N-methyl/N-ethyl adjacent to an activating group) is 1. The van der Waals surface area contributed by atoms with Crippen LogP contribution in [0.15, 0.2) is 0 Å². The fourth-order valence-electron chi connectivity index (χ4n) is 2.55. The highest BCUT2D eigenvalue weighted by molar-refractivity contribution is 5.76. The van der Waals surface area contributed by atoms with Crippen LogP contribution in [0.1, 0.15) is 25.7 Å². The molecule has 5 heteroatoms. The molecule has 0 radical (unpaired) electrons. The van der Waals surface area contributed by atoms with Gasteiger partial charge in [0.2, 0.25) is 6.41 Å². The second-order valence-corrected chi connectivity index (χ2v) is 4.92. The first kappa shape index (κ1) is 12.4. The Balaban J connectivity index is 1.77. The van der Waals surface area contributed by atoms with Gasteiger partial charge in [0.15, 0.2) is 0 Å². The molecule has 2 heterocycles. The predicted molar refractivity (Wildman–Crippen MR) is 62.4 cm³/mol. The predicted octanol–water partition coefficient (Wildman–Crippen LogP) is 0.245. The third kappa shape index (κ3) is 2.97. The summed E-state index contributed by atoms with van der Waals surface area (Å²) in [7, 11) is 1.97. The van der Waals surface area contributed by atoms with Crippen molar-refractivity contribution in [2.45, 2.75) is 37.8 Å². The lowest BCUT2D eigenvalue weighted by Crippen LogP contribution is -2.41. The summed E-state index contributed by atoms with van der Waals surface area (Å²) in [5, 5.41) is 0. The van der Waals surface area contributed by atoms with Crippen molar-refractivity contribution in [1.82, 2.24) is 9.80 Å². The summed E-state index contributed by atoms with van der Waals surface area (Å²) in [6.45, 7) is 2.37. The average Bonchev–Trinajstić information content (AvgIpc) is 2.76. The molecule has 2 rings (SSSR count). The number of nitrogens with zero attached hydrogens (tertiary/aromatic N) is 2. The highest BCUT2D eigenvalue weighted by Crippen LogP contribution is 2.19. The second kappa shape index (κ2) is 5.49. The molecule has 0 aromatic rings. The molecule has 1 unspecified atom stereocenters. The lowest BCUT2D eigenvalue weighted by Gasteiger charge is -2.30. The molecule has 0 aromatic heterocycles. The summed E-state index contributed by atoms with van der Waals surface area (Å²) in [6, 6.07) is -0.0564. The van der Waals surface area contributed by atoms with Crippen molar-refractivity contribution >= 4 is 12.4 Å². The summed E-state index contributed by atoms with van der Waals surface area (Å²) in [4.78, 5) is 26.3. The zero-order valence-corrected chi connectivity index (χ0v) is 10.3. The molecule has 0 spiro atoms. The molecule has 5 nitrogen and oxygen atoms in total. The molecule has 96 valence electrons. The molecule has 2 aliphatic rings. The van der Waals surface area contributed by atoms with Crippen LogP contribution in [0.3, 0.4) is 0 Å². The number of piperidine rings is 1. The summed E-state index contributed by atoms with van der Waals surface area (Å²) in [5.41, 5.74) is 0. The first-order valence-electron chi connectivity index (χ1n) is 6.31. The number of carbonyl (C=O) groups excluding carboxylic acids is 2. The second-order valence-electron chi connectivity index (χ2n) is 4.92. The van der Waals surface area contributed by atoms with Crippen LogP contribution >= 0.6 is 0 Å². The molecular formula is C12H20N2O3. The van der Waals surface area contributed by atoms with Crippen LogP contribution in [0.5, 0.6) is 0 Å². The maximum Gasteiger partial charge on any atom is 0.323 e. The first-order valence-corrected chi connectivity index (χ1v) is 6.31. The Morgan fingerprint density at radius 2 is 1.94 bits per heavy atom. The van der Waals surface area contributed by atoms with E-state index in [0.29, 0.717) is 13.1 Å². The first-order chi connectivity index (χ1) is 8.20. The van der Waals surface area contributed by atoms with Gasteiger partial charge in [-0.1, -0.05) is 0 Å². The topological polar surface area (TPSA) is 49.9 Å². The molecular weight excluding hydrogens is 220 g/mol. The van der Waals surface area contributed by atoms with Crippen molar-refractivity contribution in [2.24, 2.45) is 0 Å². The van der Waals surface area contributed by atoms with Gasteiger partial charge >= 0.3 is 5.97 Å². The fourth-order valence-corrected chi connectivity index (χ4v) is 2.55. The molecule has 1 amide bonds. The van der Waals surface area contributed by atoms with E-state index in [1.165, 1.54) is 0 Å². The van der Waals surface area contributed by atoms with Gasteiger partial charge < -0.3 is 9.64 Å². The third-order valence-electron chi connectivity index (χ3n) is 3.70. The standard InChI is InChI=1S/C12H20N2O3/c1-13-6-2-3-11(13)12(16)17-10-4-7-14(9-15)8-5-10/h9-11H,2-8H2,1H3. The van der Waals surface area contributed by atoms with Gasteiger partial charge in [0.1, 0.15) is 12.1 Å². The van der Waals surface area contributed by atoms with Crippen LogP contribution in [0.25, 0.3) is 0 Å².